The zero-order valence-corrected chi connectivity index (χ0v) is 21.5. The highest BCUT2D eigenvalue weighted by Gasteiger charge is 2.57. The molecule has 6 rings (SSSR count). The molecule has 1 aromatic carbocycles. The Morgan fingerprint density at radius 1 is 1.11 bits per heavy atom. The second kappa shape index (κ2) is 9.37. The zero-order chi connectivity index (χ0) is 26.5. The van der Waals surface area contributed by atoms with E-state index in [9.17, 15) is 23.2 Å². The second-order valence-corrected chi connectivity index (χ2v) is 11.7. The Morgan fingerprint density at radius 2 is 1.87 bits per heavy atom. The lowest BCUT2D eigenvalue weighted by molar-refractivity contribution is -0.144. The molecular weight excluding hydrogens is 489 g/mol. The lowest BCUT2D eigenvalue weighted by Gasteiger charge is -2.41. The van der Waals surface area contributed by atoms with Crippen molar-refractivity contribution >= 4 is 5.91 Å². The van der Waals surface area contributed by atoms with Gasteiger partial charge in [0.2, 0.25) is 5.91 Å². The molecule has 38 heavy (non-hydrogen) atoms. The van der Waals surface area contributed by atoms with Crippen LogP contribution in [-0.4, -0.2) is 46.4 Å². The Labute approximate surface area is 221 Å². The molecule has 1 saturated heterocycles. The first-order chi connectivity index (χ1) is 18.2. The summed E-state index contributed by atoms with van der Waals surface area (Å²) in [6.07, 6.45) is 3.24. The molecule has 3 fully saturated rings. The number of halogens is 3. The van der Waals surface area contributed by atoms with Crippen LogP contribution in [0.1, 0.15) is 67.3 Å². The first kappa shape index (κ1) is 25.4. The van der Waals surface area contributed by atoms with Crippen LogP contribution in [0.5, 0.6) is 0 Å². The van der Waals surface area contributed by atoms with Crippen molar-refractivity contribution < 1.29 is 18.0 Å². The number of hydrogen-bond acceptors (Lipinski definition) is 4. The van der Waals surface area contributed by atoms with Crippen molar-refractivity contribution in [1.82, 2.24) is 14.8 Å². The fourth-order valence-electron chi connectivity index (χ4n) is 7.80. The van der Waals surface area contributed by atoms with Gasteiger partial charge in [-0.3, -0.25) is 9.78 Å². The molecule has 1 amide bonds. The van der Waals surface area contributed by atoms with Gasteiger partial charge < -0.3 is 9.80 Å². The van der Waals surface area contributed by atoms with Gasteiger partial charge in [0.1, 0.15) is 0 Å². The molecule has 8 heteroatoms. The van der Waals surface area contributed by atoms with Crippen LogP contribution in [0.4, 0.5) is 13.2 Å². The Morgan fingerprint density at radius 3 is 2.58 bits per heavy atom. The fraction of sp³-hybridized carbons (Fsp3) is 0.567. The maximum Gasteiger partial charge on any atom is 0.417 e. The molecule has 4 aliphatic rings. The summed E-state index contributed by atoms with van der Waals surface area (Å²) in [6, 6.07) is 14.2. The lowest BCUT2D eigenvalue weighted by atomic mass is 9.73. The number of nitrogens with zero attached hydrogens (tertiary/aromatic N) is 4. The molecule has 0 spiro atoms. The quantitative estimate of drug-likeness (QED) is 0.535. The summed E-state index contributed by atoms with van der Waals surface area (Å²) < 4.78 is 39.8. The normalized spacial score (nSPS) is 28.9. The van der Waals surface area contributed by atoms with Crippen LogP contribution in [0.2, 0.25) is 0 Å². The number of pyridine rings is 1. The van der Waals surface area contributed by atoms with E-state index >= 15 is 0 Å². The molecule has 2 aromatic rings. The predicted octanol–water partition coefficient (Wildman–Crippen LogP) is 5.49. The van der Waals surface area contributed by atoms with Gasteiger partial charge in [-0.05, 0) is 61.6 Å². The molecule has 3 atom stereocenters. The summed E-state index contributed by atoms with van der Waals surface area (Å²) in [4.78, 5) is 22.4. The average Bonchev–Trinajstić information content (AvgIpc) is 3.51. The van der Waals surface area contributed by atoms with Crippen LogP contribution in [0.25, 0.3) is 0 Å². The van der Waals surface area contributed by atoms with E-state index in [2.05, 4.69) is 28.1 Å². The van der Waals surface area contributed by atoms with Crippen molar-refractivity contribution in [1.29, 1.82) is 5.26 Å². The molecule has 0 unspecified atom stereocenters. The van der Waals surface area contributed by atoms with Gasteiger partial charge in [0.15, 0.2) is 0 Å². The third kappa shape index (κ3) is 4.20. The predicted molar refractivity (Wildman–Crippen MR) is 136 cm³/mol. The van der Waals surface area contributed by atoms with Gasteiger partial charge in [-0.25, -0.2) is 0 Å². The lowest BCUT2D eigenvalue weighted by Crippen LogP contribution is -2.48. The standard InChI is InChI=1S/C30H33F3N4O/c31-30(32,33)24-15-21-19-37(12-8-26(21)35-18-24)27(38)29-9-4-7-23(29)16-25(17-29)36-13-10-28(20-34,11-14-36)22-5-2-1-3-6-22/h1-3,5-6,15,18,23,25H,4,7-14,16-17,19H2/t23-,25-,29-/m1/s1. The molecule has 1 aromatic heterocycles. The molecule has 0 radical (unpaired) electrons. The summed E-state index contributed by atoms with van der Waals surface area (Å²) in [5, 5.41) is 10.1. The van der Waals surface area contributed by atoms with Gasteiger partial charge >= 0.3 is 6.18 Å². The third-order valence-corrected chi connectivity index (χ3v) is 9.90. The third-order valence-electron chi connectivity index (χ3n) is 9.90. The van der Waals surface area contributed by atoms with Crippen molar-refractivity contribution in [2.24, 2.45) is 11.3 Å². The van der Waals surface area contributed by atoms with Crippen LogP contribution >= 0.6 is 0 Å². The summed E-state index contributed by atoms with van der Waals surface area (Å²) in [5.74, 6) is 0.441. The maximum absolute atomic E-state index is 14.1. The van der Waals surface area contributed by atoms with Gasteiger partial charge in [-0.15, -0.1) is 0 Å². The highest BCUT2D eigenvalue weighted by Crippen LogP contribution is 2.57. The fourth-order valence-corrected chi connectivity index (χ4v) is 7.80. The number of nitriles is 1. The van der Waals surface area contributed by atoms with Crippen LogP contribution in [0, 0.1) is 22.7 Å². The van der Waals surface area contributed by atoms with Crippen LogP contribution < -0.4 is 0 Å². The number of hydrogen-bond donors (Lipinski definition) is 0. The summed E-state index contributed by atoms with van der Waals surface area (Å²) in [6.45, 7) is 2.39. The minimum absolute atomic E-state index is 0.123. The zero-order valence-electron chi connectivity index (χ0n) is 21.5. The monoisotopic (exact) mass is 522 g/mol. The topological polar surface area (TPSA) is 60.2 Å². The SMILES string of the molecule is N#CC1(c2ccccc2)CCN([C@@H]2C[C@H]3CCC[C@@]3(C(=O)N3CCc4ncc(C(F)(F)F)cc4C3)C2)CC1. The van der Waals surface area contributed by atoms with E-state index in [1.165, 1.54) is 6.07 Å². The number of benzene rings is 1. The first-order valence-electron chi connectivity index (χ1n) is 13.8. The van der Waals surface area contributed by atoms with E-state index in [1.54, 1.807) is 4.90 Å². The van der Waals surface area contributed by atoms with Gasteiger partial charge in [0, 0.05) is 50.5 Å². The number of alkyl halides is 3. The molecule has 0 bridgehead atoms. The van der Waals surface area contributed by atoms with Gasteiger partial charge in [0.25, 0.3) is 0 Å². The molecule has 0 N–H and O–H groups in total. The number of carbonyl (C=O) groups excluding carboxylic acids is 1. The maximum atomic E-state index is 14.1. The summed E-state index contributed by atoms with van der Waals surface area (Å²) in [5.41, 5.74) is 0.650. The highest BCUT2D eigenvalue weighted by atomic mass is 19.4. The van der Waals surface area contributed by atoms with E-state index in [-0.39, 0.29) is 12.5 Å². The van der Waals surface area contributed by atoms with Gasteiger partial charge in [-0.2, -0.15) is 18.4 Å². The van der Waals surface area contributed by atoms with Crippen molar-refractivity contribution in [3.05, 3.63) is 65.0 Å². The molecule has 200 valence electrons. The first-order valence-corrected chi connectivity index (χ1v) is 13.8. The number of likely N-dealkylation sites (tertiary alicyclic amines) is 1. The molecule has 2 aliphatic carbocycles. The summed E-state index contributed by atoms with van der Waals surface area (Å²) in [7, 11) is 0. The molecule has 2 saturated carbocycles. The average molecular weight is 523 g/mol. The number of piperidine rings is 1. The van der Waals surface area contributed by atoms with E-state index in [4.69, 9.17) is 0 Å². The molecular formula is C30H33F3N4O. The number of amides is 1. The van der Waals surface area contributed by atoms with Crippen LogP contribution in [0.15, 0.2) is 42.6 Å². The smallest absolute Gasteiger partial charge is 0.337 e. The van der Waals surface area contributed by atoms with E-state index in [1.807, 2.05) is 18.2 Å². The number of rotatable bonds is 3. The minimum Gasteiger partial charge on any atom is -0.337 e. The van der Waals surface area contributed by atoms with Crippen molar-refractivity contribution in [2.75, 3.05) is 19.6 Å². The second-order valence-electron chi connectivity index (χ2n) is 11.7. The Bertz CT molecular complexity index is 1250. The van der Waals surface area contributed by atoms with Crippen molar-refractivity contribution in [3.63, 3.8) is 0 Å². The number of aromatic nitrogens is 1. The van der Waals surface area contributed by atoms with Crippen molar-refractivity contribution in [3.8, 4) is 6.07 Å². The van der Waals surface area contributed by atoms with Gasteiger partial charge in [0.05, 0.1) is 22.5 Å². The number of carbonyl (C=O) groups is 1. The molecule has 2 aliphatic heterocycles. The molecule has 5 nitrogen and oxygen atoms in total. The highest BCUT2D eigenvalue weighted by molar-refractivity contribution is 5.84. The summed E-state index contributed by atoms with van der Waals surface area (Å²) >= 11 is 0. The Kier molecular flexibility index (Phi) is 6.26. The van der Waals surface area contributed by atoms with Crippen molar-refractivity contribution in [2.45, 2.75) is 75.5 Å². The van der Waals surface area contributed by atoms with Gasteiger partial charge in [-0.1, -0.05) is 36.8 Å². The Hall–Kier alpha value is -2.92. The minimum atomic E-state index is -4.44. The number of fused-ring (bicyclic) bond motifs is 2. The van der Waals surface area contributed by atoms with Crippen LogP contribution in [0.3, 0.4) is 0 Å². The largest absolute Gasteiger partial charge is 0.417 e. The molecule has 3 heterocycles. The van der Waals surface area contributed by atoms with E-state index in [0.29, 0.717) is 36.2 Å². The Balaban J connectivity index is 1.16. The van der Waals surface area contributed by atoms with E-state index in [0.717, 1.165) is 69.8 Å². The van der Waals surface area contributed by atoms with E-state index < -0.39 is 22.6 Å². The van der Waals surface area contributed by atoms with Crippen LogP contribution in [-0.2, 0) is 29.4 Å².